The van der Waals surface area contributed by atoms with Gasteiger partial charge in [-0.25, -0.2) is 0 Å². The molecule has 8 atom stereocenters. The van der Waals surface area contributed by atoms with E-state index in [-0.39, 0.29) is 46.4 Å². The van der Waals surface area contributed by atoms with Crippen LogP contribution >= 0.6 is 0 Å². The van der Waals surface area contributed by atoms with Crippen LogP contribution in [0.1, 0.15) is 120 Å². The molecule has 0 aromatic heterocycles. The standard InChI is InChI=1S/C35H53NO5/c1-21(2)29-24(39)17-35(36-20-38)16-11-23-22(30(29)35)9-10-26-33(23,7)14-12-25-32(5,6)27(13-15-34(25,26)8)41-28(40)18-31(3,4)19-37/h19-23,25-27H,9-18H2,1-8H3,(H,36,38). The van der Waals surface area contributed by atoms with Crippen LogP contribution in [0.2, 0.25) is 0 Å². The Bertz CT molecular complexity index is 1150. The normalized spacial score (nSPS) is 41.6. The molecule has 4 saturated carbocycles. The molecular weight excluding hydrogens is 514 g/mol. The lowest BCUT2D eigenvalue weighted by atomic mass is 9.37. The molecule has 0 heterocycles. The Hall–Kier alpha value is -1.98. The van der Waals surface area contributed by atoms with E-state index in [9.17, 15) is 19.2 Å². The molecular formula is C35H53NO5. The lowest BCUT2D eigenvalue weighted by molar-refractivity contribution is -0.213. The third-order valence-electron chi connectivity index (χ3n) is 13.1. The highest BCUT2D eigenvalue weighted by molar-refractivity contribution is 6.01. The van der Waals surface area contributed by atoms with Gasteiger partial charge in [-0.3, -0.25) is 14.4 Å². The van der Waals surface area contributed by atoms with Crippen molar-refractivity contribution in [3.63, 3.8) is 0 Å². The fourth-order valence-corrected chi connectivity index (χ4v) is 11.4. The molecule has 6 heteroatoms. The average Bonchev–Trinajstić information content (AvgIpc) is 3.17. The number of ketones is 1. The Morgan fingerprint density at radius 2 is 1.66 bits per heavy atom. The molecule has 0 aromatic rings. The van der Waals surface area contributed by atoms with Crippen LogP contribution in [0.25, 0.3) is 0 Å². The highest BCUT2D eigenvalue weighted by atomic mass is 16.5. The molecule has 1 amide bonds. The van der Waals surface area contributed by atoms with E-state index >= 15 is 0 Å². The van der Waals surface area contributed by atoms with Gasteiger partial charge in [-0.2, -0.15) is 0 Å². The van der Waals surface area contributed by atoms with Crippen LogP contribution in [-0.2, 0) is 23.9 Å². The van der Waals surface area contributed by atoms with Crippen molar-refractivity contribution in [1.82, 2.24) is 5.32 Å². The molecule has 4 fully saturated rings. The van der Waals surface area contributed by atoms with Crippen LogP contribution in [0, 0.1) is 51.2 Å². The number of allylic oxidation sites excluding steroid dienone is 1. The van der Waals surface area contributed by atoms with Gasteiger partial charge >= 0.3 is 5.97 Å². The maximum absolute atomic E-state index is 13.3. The first-order chi connectivity index (χ1) is 19.1. The van der Waals surface area contributed by atoms with E-state index in [1.165, 1.54) is 5.57 Å². The SMILES string of the molecule is CC(C)C1=C2C3CCC4C(C)(CCC5C(C)(C)C(OC(=O)CC(C)(C)C=O)CCC54C)C3CCC2(NC=O)CC1=O. The maximum atomic E-state index is 13.3. The maximum Gasteiger partial charge on any atom is 0.307 e. The summed E-state index contributed by atoms with van der Waals surface area (Å²) in [6.45, 7) is 17.5. The van der Waals surface area contributed by atoms with Crippen LogP contribution in [0.4, 0.5) is 0 Å². The van der Waals surface area contributed by atoms with Crippen molar-refractivity contribution in [2.75, 3.05) is 0 Å². The number of ether oxygens (including phenoxy) is 1. The van der Waals surface area contributed by atoms with Crippen molar-refractivity contribution in [3.05, 3.63) is 11.1 Å². The second-order valence-electron chi connectivity index (χ2n) is 16.5. The summed E-state index contributed by atoms with van der Waals surface area (Å²) in [5, 5.41) is 3.17. The summed E-state index contributed by atoms with van der Waals surface area (Å²) in [6.07, 6.45) is 10.4. The highest BCUT2D eigenvalue weighted by Crippen LogP contribution is 2.72. The Labute approximate surface area is 247 Å². The molecule has 8 unspecified atom stereocenters. The minimum atomic E-state index is -0.705. The molecule has 0 saturated heterocycles. The molecule has 1 N–H and O–H groups in total. The summed E-state index contributed by atoms with van der Waals surface area (Å²) in [5.74, 6) is 2.03. The second-order valence-corrected chi connectivity index (χ2v) is 16.5. The predicted octanol–water partition coefficient (Wildman–Crippen LogP) is 6.60. The molecule has 5 aliphatic rings. The number of hydrogen-bond acceptors (Lipinski definition) is 5. The second kappa shape index (κ2) is 10.0. The zero-order valence-electron chi connectivity index (χ0n) is 26.7. The summed E-state index contributed by atoms with van der Waals surface area (Å²) in [5.41, 5.74) is 1.28. The van der Waals surface area contributed by atoms with Gasteiger partial charge in [-0.1, -0.05) is 55.4 Å². The zero-order valence-corrected chi connectivity index (χ0v) is 26.7. The number of nitrogens with one attached hydrogen (secondary N) is 1. The first-order valence-electron chi connectivity index (χ1n) is 16.2. The van der Waals surface area contributed by atoms with Gasteiger partial charge in [0.1, 0.15) is 12.4 Å². The quantitative estimate of drug-likeness (QED) is 0.276. The van der Waals surface area contributed by atoms with Crippen molar-refractivity contribution in [2.24, 2.45) is 51.2 Å². The molecule has 0 bridgehead atoms. The Morgan fingerprint density at radius 3 is 2.29 bits per heavy atom. The molecule has 0 spiro atoms. The van der Waals surface area contributed by atoms with Gasteiger partial charge in [0.25, 0.3) is 0 Å². The summed E-state index contributed by atoms with van der Waals surface area (Å²) < 4.78 is 6.14. The molecule has 0 aliphatic heterocycles. The first kappa shape index (κ1) is 30.5. The van der Waals surface area contributed by atoms with Crippen LogP contribution in [-0.4, -0.2) is 36.1 Å². The first-order valence-corrected chi connectivity index (χ1v) is 16.2. The van der Waals surface area contributed by atoms with Gasteiger partial charge in [0.2, 0.25) is 6.41 Å². The van der Waals surface area contributed by atoms with Crippen molar-refractivity contribution >= 4 is 24.4 Å². The van der Waals surface area contributed by atoms with Crippen molar-refractivity contribution in [2.45, 2.75) is 131 Å². The number of hydrogen-bond donors (Lipinski definition) is 1. The van der Waals surface area contributed by atoms with E-state index in [1.807, 2.05) is 0 Å². The average molecular weight is 568 g/mol. The minimum absolute atomic E-state index is 0.117. The Morgan fingerprint density at radius 1 is 0.976 bits per heavy atom. The van der Waals surface area contributed by atoms with Crippen molar-refractivity contribution < 1.29 is 23.9 Å². The number of esters is 1. The van der Waals surface area contributed by atoms with Crippen LogP contribution in [0.3, 0.4) is 0 Å². The van der Waals surface area contributed by atoms with Crippen LogP contribution < -0.4 is 5.32 Å². The summed E-state index contributed by atoms with van der Waals surface area (Å²) in [6, 6.07) is 0. The lowest BCUT2D eigenvalue weighted by Crippen LogP contribution is -2.64. The van der Waals surface area contributed by atoms with Gasteiger partial charge in [0.05, 0.1) is 12.0 Å². The number of amides is 1. The number of aldehydes is 1. The third-order valence-corrected chi connectivity index (χ3v) is 13.1. The summed E-state index contributed by atoms with van der Waals surface area (Å²) >= 11 is 0. The van der Waals surface area contributed by atoms with E-state index in [0.717, 1.165) is 69.6 Å². The van der Waals surface area contributed by atoms with E-state index in [4.69, 9.17) is 4.74 Å². The molecule has 5 rings (SSSR count). The number of fused-ring (bicyclic) bond motifs is 7. The Balaban J connectivity index is 1.43. The monoisotopic (exact) mass is 567 g/mol. The minimum Gasteiger partial charge on any atom is -0.462 e. The molecule has 0 radical (unpaired) electrons. The smallest absolute Gasteiger partial charge is 0.307 e. The van der Waals surface area contributed by atoms with Gasteiger partial charge < -0.3 is 14.8 Å². The van der Waals surface area contributed by atoms with Gasteiger partial charge in [-0.15, -0.1) is 0 Å². The van der Waals surface area contributed by atoms with Gasteiger partial charge in [0, 0.05) is 17.3 Å². The number of rotatable bonds is 7. The number of carbonyl (C=O) groups is 4. The van der Waals surface area contributed by atoms with E-state index in [1.54, 1.807) is 13.8 Å². The van der Waals surface area contributed by atoms with Crippen LogP contribution in [0.15, 0.2) is 11.1 Å². The van der Waals surface area contributed by atoms with Crippen LogP contribution in [0.5, 0.6) is 0 Å². The summed E-state index contributed by atoms with van der Waals surface area (Å²) in [7, 11) is 0. The lowest BCUT2D eigenvalue weighted by Gasteiger charge is -2.68. The Kier molecular flexibility index (Phi) is 7.47. The van der Waals surface area contributed by atoms with E-state index in [0.29, 0.717) is 30.1 Å². The topological polar surface area (TPSA) is 89.5 Å². The fraction of sp³-hybridized carbons (Fsp3) is 0.829. The largest absolute Gasteiger partial charge is 0.462 e. The molecule has 41 heavy (non-hydrogen) atoms. The van der Waals surface area contributed by atoms with Gasteiger partial charge in [-0.05, 0) is 103 Å². The molecule has 0 aromatic carbocycles. The van der Waals surface area contributed by atoms with E-state index < -0.39 is 11.0 Å². The highest BCUT2D eigenvalue weighted by Gasteiger charge is 2.66. The third kappa shape index (κ3) is 4.56. The van der Waals surface area contributed by atoms with E-state index in [2.05, 4.69) is 46.9 Å². The fourth-order valence-electron chi connectivity index (χ4n) is 11.4. The van der Waals surface area contributed by atoms with Crippen molar-refractivity contribution in [3.8, 4) is 0 Å². The molecule has 6 nitrogen and oxygen atoms in total. The predicted molar refractivity (Wildman–Crippen MR) is 159 cm³/mol. The number of carbonyl (C=O) groups excluding carboxylic acids is 4. The number of Topliss-reactive ketones (excluding diaryl/α,β-unsaturated/α-hetero) is 1. The molecule has 228 valence electrons. The van der Waals surface area contributed by atoms with Gasteiger partial charge in [0.15, 0.2) is 5.78 Å². The zero-order chi connectivity index (χ0) is 30.2. The molecule has 5 aliphatic carbocycles. The summed E-state index contributed by atoms with van der Waals surface area (Å²) in [4.78, 5) is 49.4. The van der Waals surface area contributed by atoms with Crippen molar-refractivity contribution in [1.29, 1.82) is 0 Å².